The van der Waals surface area contributed by atoms with Crippen molar-refractivity contribution < 1.29 is 4.79 Å². The molecule has 1 fully saturated rings. The smallest absolute Gasteiger partial charge is 0.229 e. The molecule has 1 aliphatic heterocycles. The average molecular weight is 393 g/mol. The maximum atomic E-state index is 12.8. The van der Waals surface area contributed by atoms with E-state index < -0.39 is 0 Å². The van der Waals surface area contributed by atoms with E-state index in [4.69, 9.17) is 0 Å². The molecule has 2 aromatic heterocycles. The van der Waals surface area contributed by atoms with Gasteiger partial charge in [0, 0.05) is 18.8 Å². The maximum absolute atomic E-state index is 12.8. The van der Waals surface area contributed by atoms with Gasteiger partial charge >= 0.3 is 0 Å². The third-order valence-corrected chi connectivity index (χ3v) is 6.07. The number of nitrogens with zero attached hydrogens (tertiary/aromatic N) is 3. The quantitative estimate of drug-likeness (QED) is 0.701. The highest BCUT2D eigenvalue weighted by Crippen LogP contribution is 2.26. The summed E-state index contributed by atoms with van der Waals surface area (Å²) in [4.78, 5) is 16.1. The molecule has 4 rings (SSSR count). The van der Waals surface area contributed by atoms with Gasteiger partial charge in [0.2, 0.25) is 5.91 Å². The molecule has 0 spiro atoms. The summed E-state index contributed by atoms with van der Waals surface area (Å²) in [5.74, 6) is 0.873. The number of piperidine rings is 1. The van der Waals surface area contributed by atoms with Gasteiger partial charge in [-0.15, -0.1) is 21.5 Å². The van der Waals surface area contributed by atoms with Crippen LogP contribution in [0.15, 0.2) is 47.8 Å². The fraction of sp³-hybridized carbons (Fsp3) is 0.318. The third-order valence-electron chi connectivity index (χ3n) is 5.18. The zero-order valence-electron chi connectivity index (χ0n) is 16.2. The van der Waals surface area contributed by atoms with Crippen molar-refractivity contribution in [3.05, 3.63) is 59.0 Å². The lowest BCUT2D eigenvalue weighted by Crippen LogP contribution is -2.41. The topological polar surface area (TPSA) is 58.1 Å². The molecule has 1 saturated heterocycles. The highest BCUT2D eigenvalue weighted by Gasteiger charge is 2.27. The predicted octanol–water partition coefficient (Wildman–Crippen LogP) is 4.68. The van der Waals surface area contributed by atoms with Crippen molar-refractivity contribution in [2.24, 2.45) is 5.92 Å². The summed E-state index contributed by atoms with van der Waals surface area (Å²) in [6.07, 6.45) is 1.87. The van der Waals surface area contributed by atoms with Crippen LogP contribution < -0.4 is 10.2 Å². The van der Waals surface area contributed by atoms with Gasteiger partial charge in [0.05, 0.1) is 10.8 Å². The zero-order chi connectivity index (χ0) is 19.5. The van der Waals surface area contributed by atoms with E-state index in [9.17, 15) is 4.79 Å². The minimum atomic E-state index is -0.0479. The molecule has 0 radical (unpaired) electrons. The molecule has 0 bridgehead atoms. The van der Waals surface area contributed by atoms with Gasteiger partial charge < -0.3 is 10.2 Å². The Kier molecular flexibility index (Phi) is 5.39. The molecule has 1 amide bonds. The van der Waals surface area contributed by atoms with Gasteiger partial charge in [-0.2, -0.15) is 0 Å². The van der Waals surface area contributed by atoms with E-state index in [0.29, 0.717) is 6.54 Å². The normalized spacial score (nSPS) is 16.8. The number of amides is 1. The second-order valence-corrected chi connectivity index (χ2v) is 8.29. The number of rotatable bonds is 4. The van der Waals surface area contributed by atoms with Crippen molar-refractivity contribution in [3.8, 4) is 10.6 Å². The van der Waals surface area contributed by atoms with Gasteiger partial charge in [-0.25, -0.2) is 0 Å². The van der Waals surface area contributed by atoms with Crippen molar-refractivity contribution in [2.45, 2.75) is 26.7 Å². The first-order chi connectivity index (χ1) is 13.6. The standard InChI is InChI=1S/C22H24N4OS/c1-15-7-8-18(16(2)13-15)23-22(27)17-5-3-11-26(14-17)21-10-9-19(24-25-21)20-6-4-12-28-20/h4,6-10,12-13,17H,3,5,11,14H2,1-2H3,(H,23,27). The Morgan fingerprint density at radius 3 is 2.79 bits per heavy atom. The first-order valence-corrected chi connectivity index (χ1v) is 10.5. The molecule has 1 atom stereocenters. The Balaban J connectivity index is 1.43. The Labute approximate surface area is 169 Å². The van der Waals surface area contributed by atoms with E-state index in [-0.39, 0.29) is 11.8 Å². The molecule has 1 unspecified atom stereocenters. The highest BCUT2D eigenvalue weighted by atomic mass is 32.1. The summed E-state index contributed by atoms with van der Waals surface area (Å²) >= 11 is 1.66. The fourth-order valence-corrected chi connectivity index (χ4v) is 4.33. The molecule has 28 heavy (non-hydrogen) atoms. The molecule has 0 saturated carbocycles. The summed E-state index contributed by atoms with van der Waals surface area (Å²) in [5, 5.41) is 13.9. The molecule has 1 aromatic carbocycles. The van der Waals surface area contributed by atoms with Crippen molar-refractivity contribution >= 4 is 28.7 Å². The lowest BCUT2D eigenvalue weighted by molar-refractivity contribution is -0.120. The Bertz CT molecular complexity index is 953. The molecular formula is C22H24N4OS. The number of anilines is 2. The van der Waals surface area contributed by atoms with Gasteiger partial charge in [0.1, 0.15) is 5.69 Å². The van der Waals surface area contributed by atoms with Crippen LogP contribution in [0.3, 0.4) is 0 Å². The molecule has 0 aliphatic carbocycles. The number of benzene rings is 1. The van der Waals surface area contributed by atoms with Gasteiger partial charge in [-0.1, -0.05) is 23.8 Å². The van der Waals surface area contributed by atoms with Gasteiger partial charge in [0.25, 0.3) is 0 Å². The summed E-state index contributed by atoms with van der Waals surface area (Å²) in [5.41, 5.74) is 4.08. The number of thiophene rings is 1. The predicted molar refractivity (Wildman–Crippen MR) is 115 cm³/mol. The van der Waals surface area contributed by atoms with Crippen LogP contribution in [0.1, 0.15) is 24.0 Å². The largest absolute Gasteiger partial charge is 0.354 e. The number of nitrogens with one attached hydrogen (secondary N) is 1. The second kappa shape index (κ2) is 8.10. The van der Waals surface area contributed by atoms with Crippen LogP contribution in [0.4, 0.5) is 11.5 Å². The van der Waals surface area contributed by atoms with E-state index in [0.717, 1.165) is 47.0 Å². The maximum Gasteiger partial charge on any atom is 0.229 e. The third kappa shape index (κ3) is 4.07. The minimum Gasteiger partial charge on any atom is -0.354 e. The Hall–Kier alpha value is -2.73. The lowest BCUT2D eigenvalue weighted by atomic mass is 9.96. The SMILES string of the molecule is Cc1ccc(NC(=O)C2CCCN(c3ccc(-c4cccs4)nn3)C2)c(C)c1. The van der Waals surface area contributed by atoms with Gasteiger partial charge in [-0.3, -0.25) is 4.79 Å². The number of hydrogen-bond donors (Lipinski definition) is 1. The number of aromatic nitrogens is 2. The lowest BCUT2D eigenvalue weighted by Gasteiger charge is -2.32. The van der Waals surface area contributed by atoms with Crippen LogP contribution in [-0.2, 0) is 4.79 Å². The first kappa shape index (κ1) is 18.6. The van der Waals surface area contributed by atoms with Crippen molar-refractivity contribution in [2.75, 3.05) is 23.3 Å². The number of aryl methyl sites for hydroxylation is 2. The van der Waals surface area contributed by atoms with Crippen LogP contribution in [-0.4, -0.2) is 29.2 Å². The summed E-state index contributed by atoms with van der Waals surface area (Å²) in [7, 11) is 0. The molecule has 144 valence electrons. The monoisotopic (exact) mass is 392 g/mol. The molecule has 5 nitrogen and oxygen atoms in total. The Morgan fingerprint density at radius 1 is 1.18 bits per heavy atom. The average Bonchev–Trinajstić information content (AvgIpc) is 3.25. The van der Waals surface area contributed by atoms with Crippen LogP contribution in [0, 0.1) is 19.8 Å². The fourth-order valence-electron chi connectivity index (χ4n) is 3.64. The van der Waals surface area contributed by atoms with E-state index in [1.807, 2.05) is 48.7 Å². The van der Waals surface area contributed by atoms with E-state index in [1.54, 1.807) is 11.3 Å². The molecule has 1 N–H and O–H groups in total. The molecule has 3 aromatic rings. The number of hydrogen-bond acceptors (Lipinski definition) is 5. The Morgan fingerprint density at radius 2 is 2.07 bits per heavy atom. The van der Waals surface area contributed by atoms with E-state index in [1.165, 1.54) is 5.56 Å². The van der Waals surface area contributed by atoms with Crippen molar-refractivity contribution in [1.82, 2.24) is 10.2 Å². The van der Waals surface area contributed by atoms with Crippen LogP contribution in [0.2, 0.25) is 0 Å². The van der Waals surface area contributed by atoms with Gasteiger partial charge in [-0.05, 0) is 61.9 Å². The highest BCUT2D eigenvalue weighted by molar-refractivity contribution is 7.13. The number of carbonyl (C=O) groups is 1. The van der Waals surface area contributed by atoms with Crippen LogP contribution >= 0.6 is 11.3 Å². The van der Waals surface area contributed by atoms with Crippen molar-refractivity contribution in [1.29, 1.82) is 0 Å². The van der Waals surface area contributed by atoms with Crippen LogP contribution in [0.5, 0.6) is 0 Å². The summed E-state index contributed by atoms with van der Waals surface area (Å²) < 4.78 is 0. The molecule has 1 aliphatic rings. The molecule has 3 heterocycles. The summed E-state index contributed by atoms with van der Waals surface area (Å²) in [6.45, 7) is 5.66. The van der Waals surface area contributed by atoms with Crippen LogP contribution in [0.25, 0.3) is 10.6 Å². The minimum absolute atomic E-state index is 0.0479. The molecule has 6 heteroatoms. The number of carbonyl (C=O) groups excluding carboxylic acids is 1. The zero-order valence-corrected chi connectivity index (χ0v) is 17.0. The van der Waals surface area contributed by atoms with E-state index >= 15 is 0 Å². The summed E-state index contributed by atoms with van der Waals surface area (Å²) in [6, 6.07) is 14.2. The van der Waals surface area contributed by atoms with E-state index in [2.05, 4.69) is 33.4 Å². The first-order valence-electron chi connectivity index (χ1n) is 9.61. The van der Waals surface area contributed by atoms with Crippen molar-refractivity contribution in [3.63, 3.8) is 0 Å². The molecular weight excluding hydrogens is 368 g/mol. The second-order valence-electron chi connectivity index (χ2n) is 7.35. The van der Waals surface area contributed by atoms with Gasteiger partial charge in [0.15, 0.2) is 5.82 Å².